The molecule has 1 saturated heterocycles. The Kier molecular flexibility index (Phi) is 4.27. The molecule has 19 heavy (non-hydrogen) atoms. The van der Waals surface area contributed by atoms with Gasteiger partial charge in [-0.15, -0.1) is 0 Å². The summed E-state index contributed by atoms with van der Waals surface area (Å²) in [7, 11) is 3.18. The molecular formula is C14H20N2O3. The molecule has 2 N–H and O–H groups in total. The molecule has 0 aromatic heterocycles. The summed E-state index contributed by atoms with van der Waals surface area (Å²) in [4.78, 5) is 12.1. The number of hydrogen-bond acceptors (Lipinski definition) is 4. The van der Waals surface area contributed by atoms with Crippen LogP contribution in [0, 0.1) is 6.92 Å². The summed E-state index contributed by atoms with van der Waals surface area (Å²) in [5, 5.41) is 6.12. The van der Waals surface area contributed by atoms with Crippen molar-refractivity contribution in [2.24, 2.45) is 0 Å². The molecule has 1 amide bonds. The third kappa shape index (κ3) is 2.98. The first-order valence-electron chi connectivity index (χ1n) is 6.42. The van der Waals surface area contributed by atoms with Crippen LogP contribution in [0.5, 0.6) is 11.5 Å². The van der Waals surface area contributed by atoms with E-state index in [0.29, 0.717) is 11.5 Å². The van der Waals surface area contributed by atoms with E-state index in [-0.39, 0.29) is 11.9 Å². The van der Waals surface area contributed by atoms with Crippen molar-refractivity contribution in [1.82, 2.24) is 5.32 Å². The van der Waals surface area contributed by atoms with Gasteiger partial charge in [0.15, 0.2) is 11.5 Å². The number of benzene rings is 1. The highest BCUT2D eigenvalue weighted by Crippen LogP contribution is 2.33. The zero-order chi connectivity index (χ0) is 13.8. The lowest BCUT2D eigenvalue weighted by Crippen LogP contribution is -2.35. The first kappa shape index (κ1) is 13.7. The molecule has 1 aromatic carbocycles. The lowest BCUT2D eigenvalue weighted by Gasteiger charge is -2.15. The zero-order valence-electron chi connectivity index (χ0n) is 11.6. The highest BCUT2D eigenvalue weighted by atomic mass is 16.5. The summed E-state index contributed by atoms with van der Waals surface area (Å²) in [6.07, 6.45) is 1.93. The van der Waals surface area contributed by atoms with Gasteiger partial charge >= 0.3 is 0 Å². The molecule has 2 rings (SSSR count). The van der Waals surface area contributed by atoms with Gasteiger partial charge in [0.05, 0.1) is 20.3 Å². The number of methoxy groups -OCH3 is 2. The standard InChI is InChI=1S/C14H20N2O3/c1-9-7-12(18-2)13(19-3)8-11(9)16-14(17)10-5-4-6-15-10/h7-8,10,15H,4-6H2,1-3H3,(H,16,17)/t10-/m0/s1. The molecule has 5 nitrogen and oxygen atoms in total. The highest BCUT2D eigenvalue weighted by Gasteiger charge is 2.22. The number of amides is 1. The van der Waals surface area contributed by atoms with Crippen LogP contribution in [0.2, 0.25) is 0 Å². The Labute approximate surface area is 113 Å². The highest BCUT2D eigenvalue weighted by molar-refractivity contribution is 5.96. The van der Waals surface area contributed by atoms with Crippen molar-refractivity contribution in [3.8, 4) is 11.5 Å². The summed E-state index contributed by atoms with van der Waals surface area (Å²) >= 11 is 0. The van der Waals surface area contributed by atoms with Gasteiger partial charge in [-0.05, 0) is 37.9 Å². The number of aryl methyl sites for hydroxylation is 1. The quantitative estimate of drug-likeness (QED) is 0.869. The van der Waals surface area contributed by atoms with Crippen LogP contribution in [0.15, 0.2) is 12.1 Å². The van der Waals surface area contributed by atoms with E-state index >= 15 is 0 Å². The van der Waals surface area contributed by atoms with E-state index in [1.54, 1.807) is 20.3 Å². The number of carbonyl (C=O) groups is 1. The first-order chi connectivity index (χ1) is 9.15. The van der Waals surface area contributed by atoms with E-state index in [0.717, 1.165) is 30.6 Å². The van der Waals surface area contributed by atoms with Crippen LogP contribution in [0.3, 0.4) is 0 Å². The number of rotatable bonds is 4. The van der Waals surface area contributed by atoms with Crippen molar-refractivity contribution in [3.05, 3.63) is 17.7 Å². The van der Waals surface area contributed by atoms with Crippen LogP contribution in [-0.2, 0) is 4.79 Å². The molecular weight excluding hydrogens is 244 g/mol. The maximum Gasteiger partial charge on any atom is 0.241 e. The largest absolute Gasteiger partial charge is 0.493 e. The molecule has 1 heterocycles. The SMILES string of the molecule is COc1cc(C)c(NC(=O)[C@@H]2CCCN2)cc1OC. The van der Waals surface area contributed by atoms with Crippen LogP contribution >= 0.6 is 0 Å². The van der Waals surface area contributed by atoms with E-state index in [9.17, 15) is 4.79 Å². The minimum atomic E-state index is -0.0903. The van der Waals surface area contributed by atoms with E-state index in [4.69, 9.17) is 9.47 Å². The van der Waals surface area contributed by atoms with E-state index < -0.39 is 0 Å². The minimum Gasteiger partial charge on any atom is -0.493 e. The van der Waals surface area contributed by atoms with E-state index in [1.807, 2.05) is 13.0 Å². The molecule has 1 aliphatic heterocycles. The van der Waals surface area contributed by atoms with Crippen molar-refractivity contribution in [2.45, 2.75) is 25.8 Å². The topological polar surface area (TPSA) is 59.6 Å². The van der Waals surface area contributed by atoms with Crippen LogP contribution in [0.1, 0.15) is 18.4 Å². The van der Waals surface area contributed by atoms with Gasteiger partial charge in [-0.3, -0.25) is 4.79 Å². The van der Waals surface area contributed by atoms with Gasteiger partial charge in [-0.1, -0.05) is 0 Å². The number of ether oxygens (including phenoxy) is 2. The van der Waals surface area contributed by atoms with E-state index in [1.165, 1.54) is 0 Å². The number of anilines is 1. The second-order valence-electron chi connectivity index (χ2n) is 4.66. The van der Waals surface area contributed by atoms with Gasteiger partial charge in [0.25, 0.3) is 0 Å². The maximum atomic E-state index is 12.1. The smallest absolute Gasteiger partial charge is 0.241 e. The van der Waals surface area contributed by atoms with Gasteiger partial charge in [0.2, 0.25) is 5.91 Å². The molecule has 0 saturated carbocycles. The summed E-state index contributed by atoms with van der Waals surface area (Å²) < 4.78 is 10.5. The fourth-order valence-corrected chi connectivity index (χ4v) is 2.24. The summed E-state index contributed by atoms with van der Waals surface area (Å²) in [5.74, 6) is 1.28. The molecule has 1 aliphatic rings. The van der Waals surface area contributed by atoms with Crippen molar-refractivity contribution in [1.29, 1.82) is 0 Å². The Bertz CT molecular complexity index is 468. The average Bonchev–Trinajstić information content (AvgIpc) is 2.94. The van der Waals surface area contributed by atoms with Gasteiger partial charge in [0, 0.05) is 11.8 Å². The fraction of sp³-hybridized carbons (Fsp3) is 0.500. The molecule has 1 atom stereocenters. The third-order valence-corrected chi connectivity index (χ3v) is 3.37. The summed E-state index contributed by atoms with van der Waals surface area (Å²) in [5.41, 5.74) is 1.71. The molecule has 0 bridgehead atoms. The number of carbonyl (C=O) groups excluding carboxylic acids is 1. The minimum absolute atomic E-state index is 0.00724. The van der Waals surface area contributed by atoms with Crippen molar-refractivity contribution in [3.63, 3.8) is 0 Å². The van der Waals surface area contributed by atoms with Crippen LogP contribution in [-0.4, -0.2) is 32.7 Å². The Balaban J connectivity index is 2.17. The Hall–Kier alpha value is -1.75. The molecule has 0 radical (unpaired) electrons. The predicted molar refractivity (Wildman–Crippen MR) is 73.9 cm³/mol. The molecule has 1 fully saturated rings. The third-order valence-electron chi connectivity index (χ3n) is 3.37. The maximum absolute atomic E-state index is 12.1. The van der Waals surface area contributed by atoms with Gasteiger partial charge < -0.3 is 20.1 Å². The predicted octanol–water partition coefficient (Wildman–Crippen LogP) is 1.70. The van der Waals surface area contributed by atoms with Gasteiger partial charge in [-0.25, -0.2) is 0 Å². The molecule has 0 unspecified atom stereocenters. The normalized spacial score (nSPS) is 18.2. The van der Waals surface area contributed by atoms with Crippen LogP contribution in [0.25, 0.3) is 0 Å². The van der Waals surface area contributed by atoms with Crippen molar-refractivity contribution < 1.29 is 14.3 Å². The average molecular weight is 264 g/mol. The molecule has 0 spiro atoms. The van der Waals surface area contributed by atoms with E-state index in [2.05, 4.69) is 10.6 Å². The Morgan fingerprint density at radius 3 is 2.58 bits per heavy atom. The molecule has 0 aliphatic carbocycles. The van der Waals surface area contributed by atoms with Crippen LogP contribution in [0.4, 0.5) is 5.69 Å². The van der Waals surface area contributed by atoms with Gasteiger partial charge in [0.1, 0.15) is 0 Å². The van der Waals surface area contributed by atoms with Crippen LogP contribution < -0.4 is 20.1 Å². The first-order valence-corrected chi connectivity index (χ1v) is 6.42. The Morgan fingerprint density at radius 1 is 1.32 bits per heavy atom. The summed E-state index contributed by atoms with van der Waals surface area (Å²) in [6.45, 7) is 2.84. The lowest BCUT2D eigenvalue weighted by atomic mass is 10.1. The number of hydrogen-bond donors (Lipinski definition) is 2. The van der Waals surface area contributed by atoms with Crippen molar-refractivity contribution in [2.75, 3.05) is 26.1 Å². The fourth-order valence-electron chi connectivity index (χ4n) is 2.24. The lowest BCUT2D eigenvalue weighted by molar-refractivity contribution is -0.117. The second-order valence-corrected chi connectivity index (χ2v) is 4.66. The molecule has 1 aromatic rings. The summed E-state index contributed by atoms with van der Waals surface area (Å²) in [6, 6.07) is 3.56. The second kappa shape index (κ2) is 5.93. The van der Waals surface area contributed by atoms with Crippen molar-refractivity contribution >= 4 is 11.6 Å². The van der Waals surface area contributed by atoms with Gasteiger partial charge in [-0.2, -0.15) is 0 Å². The molecule has 104 valence electrons. The Morgan fingerprint density at radius 2 is 2.00 bits per heavy atom. The zero-order valence-corrected chi connectivity index (χ0v) is 11.6. The number of nitrogens with one attached hydrogen (secondary N) is 2. The monoisotopic (exact) mass is 264 g/mol. The molecule has 5 heteroatoms.